The molecule has 138 valence electrons. The number of hydrogen-bond acceptors (Lipinski definition) is 4. The second kappa shape index (κ2) is 7.72. The van der Waals surface area contributed by atoms with E-state index in [-0.39, 0.29) is 23.8 Å². The number of carbonyl (C=O) groups excluding carboxylic acids is 2. The van der Waals surface area contributed by atoms with Crippen LogP contribution in [0, 0.1) is 6.92 Å². The van der Waals surface area contributed by atoms with E-state index >= 15 is 0 Å². The predicted octanol–water partition coefficient (Wildman–Crippen LogP) is 3.14. The maximum absolute atomic E-state index is 12.8. The highest BCUT2D eigenvalue weighted by Gasteiger charge is 2.27. The van der Waals surface area contributed by atoms with Crippen LogP contribution in [-0.4, -0.2) is 40.8 Å². The first-order valence-corrected chi connectivity index (χ1v) is 9.06. The first-order chi connectivity index (χ1) is 12.5. The number of nitrogens with one attached hydrogen (secondary N) is 1. The number of hydrogen-bond donors (Lipinski definition) is 1. The Morgan fingerprint density at radius 1 is 1.31 bits per heavy atom. The minimum Gasteiger partial charge on any atom is -0.465 e. The molecule has 0 aliphatic carbocycles. The molecule has 0 saturated carbocycles. The minimum atomic E-state index is -0.116. The molecule has 0 bridgehead atoms. The fraction of sp³-hybridized carbons (Fsp3) is 0.450. The maximum Gasteiger partial charge on any atom is 0.257 e. The molecule has 3 heterocycles. The molecule has 1 N–H and O–H groups in total. The van der Waals surface area contributed by atoms with E-state index in [1.807, 2.05) is 31.7 Å². The highest BCUT2D eigenvalue weighted by atomic mass is 16.3. The van der Waals surface area contributed by atoms with E-state index in [1.54, 1.807) is 24.5 Å². The van der Waals surface area contributed by atoms with Crippen molar-refractivity contribution in [2.75, 3.05) is 13.1 Å². The molecule has 26 heavy (non-hydrogen) atoms. The minimum absolute atomic E-state index is 0.00943. The van der Waals surface area contributed by atoms with Crippen molar-refractivity contribution in [1.82, 2.24) is 15.2 Å². The van der Waals surface area contributed by atoms with Gasteiger partial charge in [-0.3, -0.25) is 14.6 Å². The summed E-state index contributed by atoms with van der Waals surface area (Å²) in [7, 11) is 0. The first-order valence-electron chi connectivity index (χ1n) is 9.06. The Bertz CT molecular complexity index is 775. The largest absolute Gasteiger partial charge is 0.465 e. The van der Waals surface area contributed by atoms with Crippen molar-refractivity contribution in [3.05, 3.63) is 53.2 Å². The van der Waals surface area contributed by atoms with Gasteiger partial charge in [0.15, 0.2) is 0 Å². The number of piperidine rings is 1. The van der Waals surface area contributed by atoms with Gasteiger partial charge >= 0.3 is 0 Å². The van der Waals surface area contributed by atoms with Gasteiger partial charge in [0, 0.05) is 37.4 Å². The number of furan rings is 1. The molecule has 0 atom stereocenters. The number of pyridine rings is 1. The van der Waals surface area contributed by atoms with Gasteiger partial charge in [0.25, 0.3) is 11.8 Å². The van der Waals surface area contributed by atoms with Crippen LogP contribution in [0.1, 0.15) is 64.8 Å². The van der Waals surface area contributed by atoms with E-state index in [1.165, 1.54) is 0 Å². The average Bonchev–Trinajstić information content (AvgIpc) is 3.04. The lowest BCUT2D eigenvalue weighted by molar-refractivity contribution is 0.0696. The second-order valence-corrected chi connectivity index (χ2v) is 7.05. The molecule has 0 spiro atoms. The van der Waals surface area contributed by atoms with Gasteiger partial charge in [-0.15, -0.1) is 0 Å². The van der Waals surface area contributed by atoms with E-state index in [2.05, 4.69) is 10.3 Å². The first kappa shape index (κ1) is 18.2. The van der Waals surface area contributed by atoms with Crippen LogP contribution in [0.25, 0.3) is 0 Å². The lowest BCUT2D eigenvalue weighted by Crippen LogP contribution is -2.46. The summed E-state index contributed by atoms with van der Waals surface area (Å²) in [6.07, 6.45) is 4.68. The average molecular weight is 355 g/mol. The summed E-state index contributed by atoms with van der Waals surface area (Å²) in [4.78, 5) is 30.8. The van der Waals surface area contributed by atoms with Gasteiger partial charge in [0.1, 0.15) is 11.5 Å². The van der Waals surface area contributed by atoms with Gasteiger partial charge in [-0.2, -0.15) is 0 Å². The zero-order chi connectivity index (χ0) is 18.7. The number of aryl methyl sites for hydroxylation is 1. The Hall–Kier alpha value is -2.63. The van der Waals surface area contributed by atoms with Crippen LogP contribution in [0.2, 0.25) is 0 Å². The Morgan fingerprint density at radius 2 is 2.04 bits per heavy atom. The van der Waals surface area contributed by atoms with E-state index in [0.717, 1.165) is 18.6 Å². The van der Waals surface area contributed by atoms with Crippen molar-refractivity contribution in [1.29, 1.82) is 0 Å². The van der Waals surface area contributed by atoms with Crippen LogP contribution < -0.4 is 5.32 Å². The van der Waals surface area contributed by atoms with Gasteiger partial charge in [-0.25, -0.2) is 0 Å². The number of nitrogens with zero attached hydrogens (tertiary/aromatic N) is 2. The second-order valence-electron chi connectivity index (χ2n) is 7.05. The molecule has 3 rings (SSSR count). The lowest BCUT2D eigenvalue weighted by Gasteiger charge is -2.32. The Kier molecular flexibility index (Phi) is 5.40. The summed E-state index contributed by atoms with van der Waals surface area (Å²) in [5, 5.41) is 3.03. The van der Waals surface area contributed by atoms with Crippen LogP contribution in [0.5, 0.6) is 0 Å². The number of amides is 2. The summed E-state index contributed by atoms with van der Waals surface area (Å²) in [6.45, 7) is 7.17. The molecule has 2 aromatic rings. The fourth-order valence-corrected chi connectivity index (χ4v) is 3.17. The van der Waals surface area contributed by atoms with Crippen LogP contribution >= 0.6 is 0 Å². The smallest absolute Gasteiger partial charge is 0.257 e. The van der Waals surface area contributed by atoms with E-state index in [9.17, 15) is 9.59 Å². The van der Waals surface area contributed by atoms with Crippen LogP contribution in [0.3, 0.4) is 0 Å². The molecule has 6 nitrogen and oxygen atoms in total. The van der Waals surface area contributed by atoms with Crippen LogP contribution in [-0.2, 0) is 0 Å². The Labute approximate surface area is 153 Å². The summed E-state index contributed by atoms with van der Waals surface area (Å²) in [6, 6.07) is 5.42. The highest BCUT2D eigenvalue weighted by Crippen LogP contribution is 2.24. The quantitative estimate of drug-likeness (QED) is 0.914. The van der Waals surface area contributed by atoms with Gasteiger partial charge in [-0.1, -0.05) is 13.8 Å². The molecule has 0 unspecified atom stereocenters. The maximum atomic E-state index is 12.8. The lowest BCUT2D eigenvalue weighted by atomic mass is 10.0. The number of likely N-dealkylation sites (tertiary alicyclic amines) is 1. The third-order valence-corrected chi connectivity index (χ3v) is 4.78. The highest BCUT2D eigenvalue weighted by molar-refractivity contribution is 5.95. The van der Waals surface area contributed by atoms with Crippen molar-refractivity contribution in [3.8, 4) is 0 Å². The molecular formula is C20H25N3O3. The van der Waals surface area contributed by atoms with Crippen molar-refractivity contribution in [2.45, 2.75) is 45.6 Å². The molecule has 2 aromatic heterocycles. The Morgan fingerprint density at radius 3 is 2.62 bits per heavy atom. The Balaban J connectivity index is 1.56. The van der Waals surface area contributed by atoms with Gasteiger partial charge in [-0.05, 0) is 38.0 Å². The summed E-state index contributed by atoms with van der Waals surface area (Å²) < 4.78 is 5.70. The predicted molar refractivity (Wildman–Crippen MR) is 98.2 cm³/mol. The molecule has 6 heteroatoms. The SMILES string of the molecule is Cc1oc(C(C)C)cc1C(=O)N1CCC(NC(=O)c2cccnc2)CC1. The molecule has 1 aliphatic rings. The van der Waals surface area contributed by atoms with Gasteiger partial charge in [0.2, 0.25) is 0 Å². The van der Waals surface area contributed by atoms with Crippen LogP contribution in [0.4, 0.5) is 0 Å². The van der Waals surface area contributed by atoms with Gasteiger partial charge < -0.3 is 14.6 Å². The molecular weight excluding hydrogens is 330 g/mol. The van der Waals surface area contributed by atoms with E-state index in [4.69, 9.17) is 4.42 Å². The summed E-state index contributed by atoms with van der Waals surface area (Å²) in [5.74, 6) is 1.66. The third-order valence-electron chi connectivity index (χ3n) is 4.78. The zero-order valence-electron chi connectivity index (χ0n) is 15.5. The van der Waals surface area contributed by atoms with Gasteiger partial charge in [0.05, 0.1) is 11.1 Å². The van der Waals surface area contributed by atoms with Crippen LogP contribution in [0.15, 0.2) is 35.0 Å². The standard InChI is InChI=1S/C20H25N3O3/c1-13(2)18-11-17(14(3)26-18)20(25)23-9-6-16(7-10-23)22-19(24)15-5-4-8-21-12-15/h4-5,8,11-13,16H,6-7,9-10H2,1-3H3,(H,22,24). The summed E-state index contributed by atoms with van der Waals surface area (Å²) >= 11 is 0. The fourth-order valence-electron chi connectivity index (χ4n) is 3.17. The zero-order valence-corrected chi connectivity index (χ0v) is 15.5. The van der Waals surface area contributed by atoms with Crippen molar-refractivity contribution in [3.63, 3.8) is 0 Å². The molecule has 1 saturated heterocycles. The topological polar surface area (TPSA) is 75.4 Å². The normalized spacial score (nSPS) is 15.3. The molecule has 2 amide bonds. The monoisotopic (exact) mass is 355 g/mol. The molecule has 1 fully saturated rings. The van der Waals surface area contributed by atoms with E-state index in [0.29, 0.717) is 30.0 Å². The molecule has 1 aliphatic heterocycles. The molecule has 0 radical (unpaired) electrons. The summed E-state index contributed by atoms with van der Waals surface area (Å²) in [5.41, 5.74) is 1.20. The molecule has 0 aromatic carbocycles. The number of rotatable bonds is 4. The van der Waals surface area contributed by atoms with Crippen molar-refractivity contribution >= 4 is 11.8 Å². The number of aromatic nitrogens is 1. The van der Waals surface area contributed by atoms with Crippen molar-refractivity contribution < 1.29 is 14.0 Å². The van der Waals surface area contributed by atoms with Crippen molar-refractivity contribution in [2.24, 2.45) is 0 Å². The third kappa shape index (κ3) is 3.95. The van der Waals surface area contributed by atoms with E-state index < -0.39 is 0 Å². The number of carbonyl (C=O) groups is 2.